The number of nitrogens with two attached hydrogens (primary N) is 1. The zero-order valence-corrected chi connectivity index (χ0v) is 6.36. The molecule has 1 heterocycles. The molecule has 1 aromatic carbocycles. The van der Waals surface area contributed by atoms with Gasteiger partial charge in [-0.1, -0.05) is 0 Å². The molecule has 56 valence electrons. The van der Waals surface area contributed by atoms with Gasteiger partial charge in [-0.05, 0) is 12.1 Å². The van der Waals surface area contributed by atoms with Crippen LogP contribution in [0.25, 0.3) is 10.2 Å². The molecule has 0 radical (unpaired) electrons. The molecule has 0 unspecified atom stereocenters. The third kappa shape index (κ3) is 0.867. The number of benzene rings is 1. The maximum atomic E-state index is 12.9. The highest BCUT2D eigenvalue weighted by atomic mass is 32.1. The highest BCUT2D eigenvalue weighted by molar-refractivity contribution is 7.16. The molecule has 0 saturated carbocycles. The van der Waals surface area contributed by atoms with Crippen LogP contribution in [0, 0.1) is 5.82 Å². The quantitative estimate of drug-likeness (QED) is 0.611. The van der Waals surface area contributed by atoms with Crippen LogP contribution in [-0.4, -0.2) is 4.98 Å². The van der Waals surface area contributed by atoms with Gasteiger partial charge in [0, 0.05) is 0 Å². The number of hydrogen-bond donors (Lipinski definition) is 1. The predicted octanol–water partition coefficient (Wildman–Crippen LogP) is 2.02. The van der Waals surface area contributed by atoms with E-state index in [1.807, 2.05) is 0 Å². The second-order valence-electron chi connectivity index (χ2n) is 2.17. The van der Waals surface area contributed by atoms with E-state index in [1.165, 1.54) is 23.5 Å². The van der Waals surface area contributed by atoms with Crippen molar-refractivity contribution in [1.82, 2.24) is 4.98 Å². The summed E-state index contributed by atoms with van der Waals surface area (Å²) in [6.07, 6.45) is 0. The van der Waals surface area contributed by atoms with Crippen molar-refractivity contribution in [2.75, 3.05) is 5.73 Å². The van der Waals surface area contributed by atoms with Crippen molar-refractivity contribution >= 4 is 27.2 Å². The normalized spacial score (nSPS) is 10.6. The molecular weight excluding hydrogens is 163 g/mol. The number of nitrogens with zero attached hydrogens (tertiary/aromatic N) is 1. The Kier molecular flexibility index (Phi) is 1.29. The lowest BCUT2D eigenvalue weighted by Crippen LogP contribution is -1.86. The van der Waals surface area contributed by atoms with E-state index in [1.54, 1.807) is 5.51 Å². The highest BCUT2D eigenvalue weighted by Gasteiger charge is 2.04. The maximum absolute atomic E-state index is 12.9. The van der Waals surface area contributed by atoms with Crippen molar-refractivity contribution in [1.29, 1.82) is 0 Å². The fourth-order valence-electron chi connectivity index (χ4n) is 0.939. The van der Waals surface area contributed by atoms with Gasteiger partial charge in [-0.3, -0.25) is 0 Å². The zero-order valence-electron chi connectivity index (χ0n) is 5.54. The van der Waals surface area contributed by atoms with Gasteiger partial charge < -0.3 is 5.73 Å². The SMILES string of the molecule is Nc1ccc(F)c2scnc12. The monoisotopic (exact) mass is 168 g/mol. The van der Waals surface area contributed by atoms with Crippen molar-refractivity contribution in [2.45, 2.75) is 0 Å². The van der Waals surface area contributed by atoms with Gasteiger partial charge in [0.2, 0.25) is 0 Å². The standard InChI is InChI=1S/C7H5FN2S/c8-4-1-2-5(9)6-7(4)11-3-10-6/h1-3H,9H2. The van der Waals surface area contributed by atoms with Gasteiger partial charge in [-0.15, -0.1) is 11.3 Å². The van der Waals surface area contributed by atoms with E-state index < -0.39 is 0 Å². The number of hydrogen-bond acceptors (Lipinski definition) is 3. The molecule has 1 aromatic heterocycles. The number of nitrogen functional groups attached to an aromatic ring is 1. The summed E-state index contributed by atoms with van der Waals surface area (Å²) in [6.45, 7) is 0. The van der Waals surface area contributed by atoms with Crippen molar-refractivity contribution in [3.63, 3.8) is 0 Å². The molecule has 0 spiro atoms. The van der Waals surface area contributed by atoms with Crippen molar-refractivity contribution in [3.8, 4) is 0 Å². The average molecular weight is 168 g/mol. The molecule has 0 aliphatic rings. The van der Waals surface area contributed by atoms with Crippen LogP contribution in [0.3, 0.4) is 0 Å². The minimum atomic E-state index is -0.253. The van der Waals surface area contributed by atoms with Crippen LogP contribution in [0.5, 0.6) is 0 Å². The van der Waals surface area contributed by atoms with Crippen LogP contribution in [0.1, 0.15) is 0 Å². The lowest BCUT2D eigenvalue weighted by Gasteiger charge is -1.93. The van der Waals surface area contributed by atoms with Crippen LogP contribution in [-0.2, 0) is 0 Å². The minimum absolute atomic E-state index is 0.253. The summed E-state index contributed by atoms with van der Waals surface area (Å²) in [4.78, 5) is 3.93. The summed E-state index contributed by atoms with van der Waals surface area (Å²) in [5.41, 5.74) is 8.23. The smallest absolute Gasteiger partial charge is 0.142 e. The average Bonchev–Trinajstić information content (AvgIpc) is 2.45. The minimum Gasteiger partial charge on any atom is -0.397 e. The number of rotatable bonds is 0. The Morgan fingerprint density at radius 2 is 2.27 bits per heavy atom. The first-order valence-electron chi connectivity index (χ1n) is 3.06. The molecule has 0 saturated heterocycles. The summed E-state index contributed by atoms with van der Waals surface area (Å²) >= 11 is 1.26. The maximum Gasteiger partial charge on any atom is 0.142 e. The number of fused-ring (bicyclic) bond motifs is 1. The second kappa shape index (κ2) is 2.17. The molecule has 0 atom stereocenters. The van der Waals surface area contributed by atoms with Crippen molar-refractivity contribution in [2.24, 2.45) is 0 Å². The summed E-state index contributed by atoms with van der Waals surface area (Å²) in [7, 11) is 0. The van der Waals surface area contributed by atoms with Gasteiger partial charge in [0.05, 0.1) is 15.9 Å². The lowest BCUT2D eigenvalue weighted by atomic mass is 10.3. The first-order chi connectivity index (χ1) is 5.29. The fourth-order valence-corrected chi connectivity index (χ4v) is 1.67. The third-order valence-electron chi connectivity index (χ3n) is 1.47. The highest BCUT2D eigenvalue weighted by Crippen LogP contribution is 2.25. The number of halogens is 1. The number of aromatic nitrogens is 1. The van der Waals surface area contributed by atoms with Crippen molar-refractivity contribution < 1.29 is 4.39 Å². The molecule has 2 aromatic rings. The zero-order chi connectivity index (χ0) is 7.84. The summed E-state index contributed by atoms with van der Waals surface area (Å²) in [6, 6.07) is 2.88. The predicted molar refractivity (Wildman–Crippen MR) is 44.0 cm³/mol. The first kappa shape index (κ1) is 6.54. The summed E-state index contributed by atoms with van der Waals surface area (Å²) in [5.74, 6) is -0.253. The fraction of sp³-hybridized carbons (Fsp3) is 0. The Morgan fingerprint density at radius 3 is 3.00 bits per heavy atom. The van der Waals surface area contributed by atoms with Gasteiger partial charge in [0.25, 0.3) is 0 Å². The Morgan fingerprint density at radius 1 is 1.45 bits per heavy atom. The Labute approximate surface area is 66.5 Å². The molecule has 0 amide bonds. The molecule has 2 nitrogen and oxygen atoms in total. The van der Waals surface area contributed by atoms with Gasteiger partial charge in [0.15, 0.2) is 0 Å². The van der Waals surface area contributed by atoms with E-state index >= 15 is 0 Å². The van der Waals surface area contributed by atoms with Crippen LogP contribution < -0.4 is 5.73 Å². The van der Waals surface area contributed by atoms with Gasteiger partial charge in [-0.25, -0.2) is 9.37 Å². The van der Waals surface area contributed by atoms with E-state index in [0.717, 1.165) is 0 Å². The van der Waals surface area contributed by atoms with E-state index in [2.05, 4.69) is 4.98 Å². The Bertz CT molecular complexity index is 360. The molecule has 0 bridgehead atoms. The molecule has 11 heavy (non-hydrogen) atoms. The lowest BCUT2D eigenvalue weighted by molar-refractivity contribution is 0.641. The first-order valence-corrected chi connectivity index (χ1v) is 3.94. The van der Waals surface area contributed by atoms with Crippen LogP contribution in [0.15, 0.2) is 17.6 Å². The van der Waals surface area contributed by atoms with E-state index in [0.29, 0.717) is 15.9 Å². The number of thiazole rings is 1. The second-order valence-corrected chi connectivity index (χ2v) is 3.02. The van der Waals surface area contributed by atoms with Crippen LogP contribution >= 0.6 is 11.3 Å². The van der Waals surface area contributed by atoms with Gasteiger partial charge in [-0.2, -0.15) is 0 Å². The summed E-state index contributed by atoms with van der Waals surface area (Å²) < 4.78 is 13.4. The van der Waals surface area contributed by atoms with E-state index in [4.69, 9.17) is 5.73 Å². The van der Waals surface area contributed by atoms with E-state index in [-0.39, 0.29) is 5.82 Å². The molecule has 4 heteroatoms. The van der Waals surface area contributed by atoms with Gasteiger partial charge >= 0.3 is 0 Å². The molecule has 0 fully saturated rings. The summed E-state index contributed by atoms with van der Waals surface area (Å²) in [5, 5.41) is 0. The molecular formula is C7H5FN2S. The largest absolute Gasteiger partial charge is 0.397 e. The topological polar surface area (TPSA) is 38.9 Å². The van der Waals surface area contributed by atoms with Crippen LogP contribution in [0.4, 0.5) is 10.1 Å². The molecule has 0 aliphatic heterocycles. The number of anilines is 1. The Hall–Kier alpha value is -1.16. The van der Waals surface area contributed by atoms with Crippen molar-refractivity contribution in [3.05, 3.63) is 23.5 Å². The van der Waals surface area contributed by atoms with Gasteiger partial charge in [0.1, 0.15) is 11.3 Å². The molecule has 2 rings (SSSR count). The molecule has 2 N–H and O–H groups in total. The molecule has 0 aliphatic carbocycles. The van der Waals surface area contributed by atoms with E-state index in [9.17, 15) is 4.39 Å². The Balaban J connectivity index is 2.96. The van der Waals surface area contributed by atoms with Crippen LogP contribution in [0.2, 0.25) is 0 Å². The third-order valence-corrected chi connectivity index (χ3v) is 2.30.